The molecule has 0 saturated carbocycles. The third kappa shape index (κ3) is 4.20. The van der Waals surface area contributed by atoms with Crippen molar-refractivity contribution in [2.45, 2.75) is 32.3 Å². The number of benzene rings is 1. The van der Waals surface area contributed by atoms with Gasteiger partial charge in [0, 0.05) is 37.9 Å². The van der Waals surface area contributed by atoms with Crippen LogP contribution in [0.4, 0.5) is 5.82 Å². The number of anilines is 1. The maximum atomic E-state index is 12.7. The molecule has 2 aromatic rings. The number of aromatic nitrogens is 2. The number of rotatable bonds is 5. The van der Waals surface area contributed by atoms with Crippen molar-refractivity contribution in [3.8, 4) is 0 Å². The van der Waals surface area contributed by atoms with Gasteiger partial charge in [0.2, 0.25) is 0 Å². The highest BCUT2D eigenvalue weighted by atomic mass is 16.3. The summed E-state index contributed by atoms with van der Waals surface area (Å²) >= 11 is 0. The molecule has 1 saturated heterocycles. The minimum absolute atomic E-state index is 0.179. The van der Waals surface area contributed by atoms with Crippen LogP contribution in [0.1, 0.15) is 24.6 Å². The topological polar surface area (TPSA) is 72.5 Å². The zero-order valence-electron chi connectivity index (χ0n) is 14.9. The van der Waals surface area contributed by atoms with E-state index in [1.54, 1.807) is 11.8 Å². The standard InChI is InChI=1S/C19H26N4O2/c1-15-14-17(21-20-15)22-10-12-23(13-11-22)18(24)19(2,25)9-8-16-6-4-3-5-7-16/h3-7,14,25H,8-13H2,1-2H3,(H,20,21)/t19-/m0/s1. The molecule has 6 nitrogen and oxygen atoms in total. The van der Waals surface area contributed by atoms with Crippen molar-refractivity contribution < 1.29 is 9.90 Å². The second kappa shape index (κ2) is 7.27. The number of carbonyl (C=O) groups is 1. The number of H-pyrrole nitrogens is 1. The van der Waals surface area contributed by atoms with Crippen LogP contribution >= 0.6 is 0 Å². The number of hydrogen-bond donors (Lipinski definition) is 2. The molecule has 1 amide bonds. The molecule has 6 heteroatoms. The van der Waals surface area contributed by atoms with Gasteiger partial charge in [-0.2, -0.15) is 5.10 Å². The fourth-order valence-corrected chi connectivity index (χ4v) is 3.18. The summed E-state index contributed by atoms with van der Waals surface area (Å²) in [5.74, 6) is 0.738. The van der Waals surface area contributed by atoms with Crippen molar-refractivity contribution >= 4 is 11.7 Å². The monoisotopic (exact) mass is 342 g/mol. The van der Waals surface area contributed by atoms with E-state index in [0.29, 0.717) is 25.9 Å². The zero-order valence-corrected chi connectivity index (χ0v) is 14.9. The quantitative estimate of drug-likeness (QED) is 0.868. The third-order valence-electron chi connectivity index (χ3n) is 4.79. The van der Waals surface area contributed by atoms with Gasteiger partial charge in [0.25, 0.3) is 5.91 Å². The van der Waals surface area contributed by atoms with Crippen molar-refractivity contribution in [1.82, 2.24) is 15.1 Å². The number of hydrogen-bond acceptors (Lipinski definition) is 4. The molecule has 2 heterocycles. The number of piperazine rings is 1. The van der Waals surface area contributed by atoms with Gasteiger partial charge < -0.3 is 14.9 Å². The molecule has 1 atom stereocenters. The van der Waals surface area contributed by atoms with Crippen LogP contribution in [-0.4, -0.2) is 57.9 Å². The van der Waals surface area contributed by atoms with Crippen molar-refractivity contribution in [3.05, 3.63) is 47.7 Å². The summed E-state index contributed by atoms with van der Waals surface area (Å²) in [4.78, 5) is 16.6. The van der Waals surface area contributed by atoms with Crippen molar-refractivity contribution in [2.24, 2.45) is 0 Å². The lowest BCUT2D eigenvalue weighted by Crippen LogP contribution is -2.55. The fourth-order valence-electron chi connectivity index (χ4n) is 3.18. The van der Waals surface area contributed by atoms with Crippen LogP contribution in [-0.2, 0) is 11.2 Å². The van der Waals surface area contributed by atoms with Crippen molar-refractivity contribution in [2.75, 3.05) is 31.1 Å². The Kier molecular flexibility index (Phi) is 5.08. The van der Waals surface area contributed by atoms with Gasteiger partial charge in [-0.3, -0.25) is 9.89 Å². The second-order valence-electron chi connectivity index (χ2n) is 6.95. The van der Waals surface area contributed by atoms with Crippen LogP contribution in [0.2, 0.25) is 0 Å². The van der Waals surface area contributed by atoms with E-state index in [1.165, 1.54) is 0 Å². The van der Waals surface area contributed by atoms with E-state index in [2.05, 4.69) is 15.1 Å². The molecule has 3 rings (SSSR count). The average molecular weight is 342 g/mol. The predicted molar refractivity (Wildman–Crippen MR) is 97.5 cm³/mol. The Morgan fingerprint density at radius 3 is 2.52 bits per heavy atom. The molecule has 25 heavy (non-hydrogen) atoms. The Balaban J connectivity index is 1.54. The first kappa shape index (κ1) is 17.5. The summed E-state index contributed by atoms with van der Waals surface area (Å²) in [6, 6.07) is 12.0. The molecule has 0 aliphatic carbocycles. The van der Waals surface area contributed by atoms with E-state index in [-0.39, 0.29) is 5.91 Å². The molecule has 1 aliphatic heterocycles. The van der Waals surface area contributed by atoms with Gasteiger partial charge >= 0.3 is 0 Å². The Morgan fingerprint density at radius 2 is 1.92 bits per heavy atom. The Morgan fingerprint density at radius 1 is 1.24 bits per heavy atom. The smallest absolute Gasteiger partial charge is 0.254 e. The minimum Gasteiger partial charge on any atom is -0.380 e. The van der Waals surface area contributed by atoms with E-state index in [1.807, 2.05) is 43.3 Å². The average Bonchev–Trinajstić information content (AvgIpc) is 3.07. The number of nitrogens with one attached hydrogen (secondary N) is 1. The number of aryl methyl sites for hydroxylation is 2. The Hall–Kier alpha value is -2.34. The first-order valence-corrected chi connectivity index (χ1v) is 8.78. The molecule has 1 aliphatic rings. The van der Waals surface area contributed by atoms with E-state index >= 15 is 0 Å². The molecule has 0 bridgehead atoms. The van der Waals surface area contributed by atoms with Crippen LogP contribution in [0.5, 0.6) is 0 Å². The van der Waals surface area contributed by atoms with Crippen LogP contribution in [0.25, 0.3) is 0 Å². The van der Waals surface area contributed by atoms with Gasteiger partial charge in [-0.1, -0.05) is 30.3 Å². The lowest BCUT2D eigenvalue weighted by atomic mass is 9.95. The lowest BCUT2D eigenvalue weighted by molar-refractivity contribution is -0.150. The van der Waals surface area contributed by atoms with Crippen LogP contribution in [0.3, 0.4) is 0 Å². The summed E-state index contributed by atoms with van der Waals surface area (Å²) in [5.41, 5.74) is 0.827. The van der Waals surface area contributed by atoms with Crippen LogP contribution in [0, 0.1) is 6.92 Å². The van der Waals surface area contributed by atoms with E-state index in [4.69, 9.17) is 0 Å². The zero-order chi connectivity index (χ0) is 17.9. The molecule has 0 radical (unpaired) electrons. The summed E-state index contributed by atoms with van der Waals surface area (Å²) < 4.78 is 0. The summed E-state index contributed by atoms with van der Waals surface area (Å²) in [5, 5.41) is 17.9. The van der Waals surface area contributed by atoms with Gasteiger partial charge in [0.15, 0.2) is 5.82 Å². The highest BCUT2D eigenvalue weighted by Gasteiger charge is 2.35. The van der Waals surface area contributed by atoms with Crippen LogP contribution < -0.4 is 4.90 Å². The van der Waals surface area contributed by atoms with Gasteiger partial charge in [-0.05, 0) is 32.3 Å². The molecule has 1 aromatic heterocycles. The maximum Gasteiger partial charge on any atom is 0.254 e. The lowest BCUT2D eigenvalue weighted by Gasteiger charge is -2.38. The Labute approximate surface area is 148 Å². The van der Waals surface area contributed by atoms with Gasteiger partial charge in [0.05, 0.1) is 0 Å². The largest absolute Gasteiger partial charge is 0.380 e. The first-order chi connectivity index (χ1) is 12.0. The number of nitrogens with zero attached hydrogens (tertiary/aromatic N) is 3. The third-order valence-corrected chi connectivity index (χ3v) is 4.79. The number of aromatic amines is 1. The first-order valence-electron chi connectivity index (χ1n) is 8.78. The molecule has 134 valence electrons. The minimum atomic E-state index is -1.33. The number of carbonyl (C=O) groups excluding carboxylic acids is 1. The molecule has 1 fully saturated rings. The van der Waals surface area contributed by atoms with Gasteiger partial charge in [0.1, 0.15) is 5.60 Å². The van der Waals surface area contributed by atoms with Crippen molar-refractivity contribution in [1.29, 1.82) is 0 Å². The molecule has 1 aromatic carbocycles. The Bertz CT molecular complexity index is 703. The second-order valence-corrected chi connectivity index (χ2v) is 6.95. The normalized spacial score (nSPS) is 17.4. The fraction of sp³-hybridized carbons (Fsp3) is 0.474. The molecular weight excluding hydrogens is 316 g/mol. The number of aliphatic hydroxyl groups is 1. The highest BCUT2D eigenvalue weighted by Crippen LogP contribution is 2.20. The van der Waals surface area contributed by atoms with Crippen LogP contribution in [0.15, 0.2) is 36.4 Å². The summed E-state index contributed by atoms with van der Waals surface area (Å²) in [7, 11) is 0. The maximum absolute atomic E-state index is 12.7. The predicted octanol–water partition coefficient (Wildman–Crippen LogP) is 1.75. The molecule has 2 N–H and O–H groups in total. The molecular formula is C19H26N4O2. The summed E-state index contributed by atoms with van der Waals surface area (Å²) in [6.45, 7) is 6.26. The van der Waals surface area contributed by atoms with E-state index in [0.717, 1.165) is 30.2 Å². The SMILES string of the molecule is Cc1cc(N2CCN(C(=O)[C@@](C)(O)CCc3ccccc3)CC2)n[nH]1. The summed E-state index contributed by atoms with van der Waals surface area (Å²) in [6.07, 6.45) is 1.11. The van der Waals surface area contributed by atoms with E-state index in [9.17, 15) is 9.90 Å². The molecule has 0 spiro atoms. The number of amides is 1. The molecule has 0 unspecified atom stereocenters. The van der Waals surface area contributed by atoms with Gasteiger partial charge in [-0.15, -0.1) is 0 Å². The van der Waals surface area contributed by atoms with Crippen molar-refractivity contribution in [3.63, 3.8) is 0 Å². The highest BCUT2D eigenvalue weighted by molar-refractivity contribution is 5.84. The van der Waals surface area contributed by atoms with Gasteiger partial charge in [-0.25, -0.2) is 0 Å². The van der Waals surface area contributed by atoms with E-state index < -0.39 is 5.60 Å².